The van der Waals surface area contributed by atoms with Gasteiger partial charge in [0.1, 0.15) is 18.0 Å². The second-order valence-electron chi connectivity index (χ2n) is 9.23. The first-order chi connectivity index (χ1) is 17.3. The summed E-state index contributed by atoms with van der Waals surface area (Å²) in [5, 5.41) is 3.23. The van der Waals surface area contributed by atoms with E-state index in [1.165, 1.54) is 6.08 Å². The maximum Gasteiger partial charge on any atom is 0.433 e. The van der Waals surface area contributed by atoms with Crippen molar-refractivity contribution in [2.24, 2.45) is 20.9 Å². The second kappa shape index (κ2) is 9.70. The Balaban J connectivity index is 1.44. The first kappa shape index (κ1) is 24.5. The summed E-state index contributed by atoms with van der Waals surface area (Å²) >= 11 is 0. The summed E-state index contributed by atoms with van der Waals surface area (Å²) in [6.45, 7) is 5.98. The molecule has 1 fully saturated rings. The Morgan fingerprint density at radius 3 is 2.86 bits per heavy atom. The number of morpholine rings is 1. The molecule has 0 radical (unpaired) electrons. The molecular weight excluding hydrogens is 473 g/mol. The number of aromatic nitrogens is 1. The van der Waals surface area contributed by atoms with Gasteiger partial charge in [-0.25, -0.2) is 15.0 Å². The highest BCUT2D eigenvalue weighted by atomic mass is 19.4. The van der Waals surface area contributed by atoms with Gasteiger partial charge in [0.15, 0.2) is 11.4 Å². The normalized spacial score (nSPS) is 26.4. The minimum Gasteiger partial charge on any atom is -0.379 e. The summed E-state index contributed by atoms with van der Waals surface area (Å²) in [6.07, 6.45) is 3.65. The van der Waals surface area contributed by atoms with E-state index < -0.39 is 23.5 Å². The van der Waals surface area contributed by atoms with Crippen LogP contribution in [-0.2, 0) is 16.0 Å². The third-order valence-electron chi connectivity index (χ3n) is 6.91. The zero-order valence-corrected chi connectivity index (χ0v) is 19.9. The molecule has 0 saturated carbocycles. The molecule has 36 heavy (non-hydrogen) atoms. The van der Waals surface area contributed by atoms with E-state index in [0.29, 0.717) is 11.5 Å². The van der Waals surface area contributed by atoms with Gasteiger partial charge in [-0.1, -0.05) is 12.2 Å². The van der Waals surface area contributed by atoms with E-state index in [-0.39, 0.29) is 24.2 Å². The van der Waals surface area contributed by atoms with Crippen LogP contribution in [0.3, 0.4) is 0 Å². The molecule has 1 aromatic rings. The number of pyridine rings is 1. The Labute approximate surface area is 206 Å². The predicted molar refractivity (Wildman–Crippen MR) is 131 cm³/mol. The lowest BCUT2D eigenvalue weighted by atomic mass is 9.74. The Bertz CT molecular complexity index is 1200. The number of ketones is 1. The summed E-state index contributed by atoms with van der Waals surface area (Å²) in [4.78, 5) is 32.1. The maximum absolute atomic E-state index is 13.8. The van der Waals surface area contributed by atoms with E-state index in [1.54, 1.807) is 12.2 Å². The van der Waals surface area contributed by atoms with Crippen molar-refractivity contribution in [2.75, 3.05) is 38.2 Å². The summed E-state index contributed by atoms with van der Waals surface area (Å²) in [5.41, 5.74) is -0.477. The Kier molecular flexibility index (Phi) is 6.60. The number of carbonyl (C=O) groups excluding carboxylic acids is 1. The zero-order chi connectivity index (χ0) is 25.3. The number of allylic oxidation sites excluding steroid dienone is 2. The molecule has 1 spiro atoms. The van der Waals surface area contributed by atoms with Gasteiger partial charge >= 0.3 is 6.18 Å². The van der Waals surface area contributed by atoms with Gasteiger partial charge in [0.25, 0.3) is 0 Å². The van der Waals surface area contributed by atoms with E-state index in [2.05, 4.69) is 30.2 Å². The van der Waals surface area contributed by atoms with Gasteiger partial charge in [-0.2, -0.15) is 13.2 Å². The van der Waals surface area contributed by atoms with E-state index in [4.69, 9.17) is 4.74 Å². The number of nitrogens with one attached hydrogen (secondary N) is 1. The quantitative estimate of drug-likeness (QED) is 0.685. The average Bonchev–Trinajstić information content (AvgIpc) is 3.04. The average molecular weight is 501 g/mol. The molecule has 1 N–H and O–H groups in total. The second-order valence-corrected chi connectivity index (χ2v) is 9.23. The summed E-state index contributed by atoms with van der Waals surface area (Å²) in [7, 11) is 0. The molecule has 2 atom stereocenters. The number of alkyl halides is 3. The molecule has 3 aliphatic heterocycles. The van der Waals surface area contributed by atoms with Crippen molar-refractivity contribution < 1.29 is 22.7 Å². The molecule has 2 unspecified atom stereocenters. The van der Waals surface area contributed by atoms with Gasteiger partial charge in [0.05, 0.1) is 30.5 Å². The maximum atomic E-state index is 13.8. The number of anilines is 1. The molecule has 1 aromatic heterocycles. The van der Waals surface area contributed by atoms with E-state index in [0.717, 1.165) is 56.9 Å². The molecule has 0 amide bonds. The van der Waals surface area contributed by atoms with Crippen molar-refractivity contribution in [1.82, 2.24) is 9.88 Å². The molecule has 4 aliphatic rings. The standard InChI is InChI=1S/C25H27F3N6O2/c1-16-20(13-17(14-29-16)7-8-34-9-11-36-12-10-34)32-22-4-2-3-18-21(35)6-5-19-23(25(26,27)28)30-15-31-24(18,19)33-22/h2,4-5,13-15,18H,3,6-12H2,1H3,(H,32,33). The van der Waals surface area contributed by atoms with Crippen LogP contribution in [-0.4, -0.2) is 78.2 Å². The van der Waals surface area contributed by atoms with E-state index in [9.17, 15) is 18.0 Å². The number of hydrogen-bond acceptors (Lipinski definition) is 8. The highest BCUT2D eigenvalue weighted by molar-refractivity contribution is 6.14. The molecule has 5 rings (SSSR count). The molecule has 1 aliphatic carbocycles. The van der Waals surface area contributed by atoms with Crippen molar-refractivity contribution >= 4 is 29.4 Å². The fraction of sp³-hybridized carbons (Fsp3) is 0.480. The van der Waals surface area contributed by atoms with Crippen LogP contribution in [0, 0.1) is 12.8 Å². The van der Waals surface area contributed by atoms with Crippen LogP contribution in [0.2, 0.25) is 0 Å². The van der Waals surface area contributed by atoms with Crippen molar-refractivity contribution in [3.8, 4) is 0 Å². The minimum absolute atomic E-state index is 0.104. The van der Waals surface area contributed by atoms with Gasteiger partial charge in [0, 0.05) is 37.8 Å². The van der Waals surface area contributed by atoms with Gasteiger partial charge in [-0.3, -0.25) is 14.7 Å². The summed E-state index contributed by atoms with van der Waals surface area (Å²) < 4.78 is 46.8. The fourth-order valence-corrected chi connectivity index (χ4v) is 4.97. The van der Waals surface area contributed by atoms with Crippen LogP contribution < -0.4 is 5.32 Å². The number of carbonyl (C=O) groups is 1. The van der Waals surface area contributed by atoms with Crippen LogP contribution in [0.1, 0.15) is 24.1 Å². The van der Waals surface area contributed by atoms with Gasteiger partial charge in [0.2, 0.25) is 0 Å². The number of halogens is 3. The van der Waals surface area contributed by atoms with Crippen molar-refractivity contribution in [1.29, 1.82) is 0 Å². The Hall–Kier alpha value is -3.18. The summed E-state index contributed by atoms with van der Waals surface area (Å²) in [6, 6.07) is 1.98. The van der Waals surface area contributed by atoms with Crippen LogP contribution in [0.25, 0.3) is 0 Å². The molecule has 4 heterocycles. The SMILES string of the molecule is Cc1ncc(CCN2CCOCC2)cc1NC1=NC23N=CN=C(C(F)(F)F)C2=CCC(=O)C3CC=C1. The number of amidine groups is 1. The molecule has 0 aromatic carbocycles. The molecule has 8 nitrogen and oxygen atoms in total. The molecule has 1 saturated heterocycles. The van der Waals surface area contributed by atoms with Crippen molar-refractivity contribution in [2.45, 2.75) is 38.0 Å². The highest BCUT2D eigenvalue weighted by Crippen LogP contribution is 2.45. The monoisotopic (exact) mass is 500 g/mol. The minimum atomic E-state index is -4.69. The molecule has 0 bridgehead atoms. The molecule has 11 heteroatoms. The number of hydrogen-bond donors (Lipinski definition) is 1. The lowest BCUT2D eigenvalue weighted by Crippen LogP contribution is -2.50. The zero-order valence-electron chi connectivity index (χ0n) is 19.9. The fourth-order valence-electron chi connectivity index (χ4n) is 4.97. The van der Waals surface area contributed by atoms with Gasteiger partial charge < -0.3 is 10.1 Å². The molecular formula is C25H27F3N6O2. The van der Waals surface area contributed by atoms with Crippen LogP contribution in [0.15, 0.2) is 51.0 Å². The number of aliphatic imine (C=N–C) groups is 3. The highest BCUT2D eigenvalue weighted by Gasteiger charge is 2.55. The van der Waals surface area contributed by atoms with Crippen molar-refractivity contribution in [3.05, 3.63) is 47.3 Å². The number of Topliss-reactive ketones (excluding diaryl/α,β-unsaturated/α-hetero) is 1. The number of nitrogens with zero attached hydrogens (tertiary/aromatic N) is 5. The Morgan fingerprint density at radius 1 is 1.28 bits per heavy atom. The number of aryl methyl sites for hydroxylation is 1. The number of rotatable bonds is 4. The lowest BCUT2D eigenvalue weighted by Gasteiger charge is -2.39. The number of ether oxygens (including phenoxy) is 1. The van der Waals surface area contributed by atoms with Gasteiger partial charge in [-0.15, -0.1) is 0 Å². The smallest absolute Gasteiger partial charge is 0.379 e. The third kappa shape index (κ3) is 4.77. The van der Waals surface area contributed by atoms with Gasteiger partial charge in [-0.05, 0) is 37.5 Å². The first-order valence-electron chi connectivity index (χ1n) is 12.0. The van der Waals surface area contributed by atoms with E-state index >= 15 is 0 Å². The largest absolute Gasteiger partial charge is 0.433 e. The first-order valence-corrected chi connectivity index (χ1v) is 12.0. The van der Waals surface area contributed by atoms with Crippen molar-refractivity contribution in [3.63, 3.8) is 0 Å². The summed E-state index contributed by atoms with van der Waals surface area (Å²) in [5.74, 6) is -0.720. The lowest BCUT2D eigenvalue weighted by molar-refractivity contribution is -0.124. The van der Waals surface area contributed by atoms with Crippen LogP contribution >= 0.6 is 0 Å². The van der Waals surface area contributed by atoms with E-state index in [1.807, 2.05) is 19.2 Å². The third-order valence-corrected chi connectivity index (χ3v) is 6.91. The predicted octanol–water partition coefficient (Wildman–Crippen LogP) is 3.29. The van der Waals surface area contributed by atoms with Crippen LogP contribution in [0.5, 0.6) is 0 Å². The topological polar surface area (TPSA) is 91.5 Å². The van der Waals surface area contributed by atoms with Crippen LogP contribution in [0.4, 0.5) is 18.9 Å². The molecule has 190 valence electrons. The Morgan fingerprint density at radius 2 is 2.08 bits per heavy atom.